The van der Waals surface area contributed by atoms with Crippen LogP contribution in [0.3, 0.4) is 0 Å². The maximum Gasteiger partial charge on any atom is 0.220 e. The Kier molecular flexibility index (Phi) is 4.70. The zero-order valence-corrected chi connectivity index (χ0v) is 18.7. The molecule has 1 aromatic carbocycles. The lowest BCUT2D eigenvalue weighted by atomic mass is 9.45. The average molecular weight is 416 g/mol. The minimum Gasteiger partial charge on any atom is -0.490 e. The lowest BCUT2D eigenvalue weighted by molar-refractivity contribution is -0.145. The molecular weight excluding hydrogens is 382 g/mol. The van der Waals surface area contributed by atoms with Crippen LogP contribution in [0.5, 0.6) is 5.75 Å². The molecule has 4 heteroatoms. The smallest absolute Gasteiger partial charge is 0.220 e. The maximum absolute atomic E-state index is 12.1. The van der Waals surface area contributed by atoms with Gasteiger partial charge in [0.15, 0.2) is 0 Å². The summed E-state index contributed by atoms with van der Waals surface area (Å²) in [7, 11) is 0. The van der Waals surface area contributed by atoms with Crippen molar-refractivity contribution in [3.8, 4) is 5.75 Å². The molecule has 3 saturated carbocycles. The number of hydrogen-bond donors (Lipinski definition) is 1. The molecule has 1 amide bonds. The maximum atomic E-state index is 12.1. The first-order valence-electron chi connectivity index (χ1n) is 11.5. The van der Waals surface area contributed by atoms with Gasteiger partial charge >= 0.3 is 0 Å². The second kappa shape index (κ2) is 6.90. The highest BCUT2D eigenvalue weighted by Gasteiger charge is 2.62. The van der Waals surface area contributed by atoms with Crippen LogP contribution in [-0.4, -0.2) is 18.1 Å². The molecule has 1 aliphatic heterocycles. The third-order valence-electron chi connectivity index (χ3n) is 9.47. The third-order valence-corrected chi connectivity index (χ3v) is 9.72. The van der Waals surface area contributed by atoms with E-state index in [2.05, 4.69) is 26.1 Å². The fourth-order valence-corrected chi connectivity index (χ4v) is 8.00. The second-order valence-corrected chi connectivity index (χ2v) is 11.2. The summed E-state index contributed by atoms with van der Waals surface area (Å²) in [5, 5.41) is 4.12. The van der Waals surface area contributed by atoms with Gasteiger partial charge in [-0.1, -0.05) is 32.4 Å². The van der Waals surface area contributed by atoms with Crippen LogP contribution in [0.2, 0.25) is 5.02 Å². The Labute approximate surface area is 179 Å². The van der Waals surface area contributed by atoms with Crippen LogP contribution >= 0.6 is 11.6 Å². The predicted molar refractivity (Wildman–Crippen MR) is 116 cm³/mol. The number of piperidine rings is 1. The summed E-state index contributed by atoms with van der Waals surface area (Å²) < 4.78 is 6.55. The van der Waals surface area contributed by atoms with Crippen molar-refractivity contribution in [2.24, 2.45) is 34.5 Å². The second-order valence-electron chi connectivity index (χ2n) is 10.8. The number of nitrogens with one attached hydrogen (secondary N) is 1. The van der Waals surface area contributed by atoms with Gasteiger partial charge in [0.1, 0.15) is 11.9 Å². The van der Waals surface area contributed by atoms with Crippen molar-refractivity contribution in [3.63, 3.8) is 0 Å². The predicted octanol–water partition coefficient (Wildman–Crippen LogP) is 5.85. The summed E-state index contributed by atoms with van der Waals surface area (Å²) in [6.45, 7) is 7.41. The average Bonchev–Trinajstić information content (AvgIpc) is 3.01. The lowest BCUT2D eigenvalue weighted by Gasteiger charge is -2.62. The van der Waals surface area contributed by atoms with Crippen molar-refractivity contribution >= 4 is 17.5 Å². The first-order valence-corrected chi connectivity index (χ1v) is 11.9. The fourth-order valence-electron chi connectivity index (χ4n) is 7.87. The molecule has 0 spiro atoms. The Bertz CT molecular complexity index is 795. The quantitative estimate of drug-likeness (QED) is 0.657. The van der Waals surface area contributed by atoms with Gasteiger partial charge in [-0.15, -0.1) is 0 Å². The minimum atomic E-state index is 0.246. The molecule has 3 unspecified atom stereocenters. The molecule has 8 atom stereocenters. The zero-order chi connectivity index (χ0) is 20.4. The summed E-state index contributed by atoms with van der Waals surface area (Å²) in [6, 6.07) is 8.22. The van der Waals surface area contributed by atoms with Crippen LogP contribution in [0, 0.1) is 34.5 Å². The van der Waals surface area contributed by atoms with Crippen molar-refractivity contribution in [2.75, 3.05) is 0 Å². The van der Waals surface area contributed by atoms with E-state index >= 15 is 0 Å². The van der Waals surface area contributed by atoms with Crippen LogP contribution in [0.25, 0.3) is 0 Å². The van der Waals surface area contributed by atoms with Crippen LogP contribution in [0.1, 0.15) is 65.7 Å². The number of benzene rings is 1. The minimum absolute atomic E-state index is 0.246. The molecule has 4 fully saturated rings. The SMILES string of the molecule is CC1CC2NC(=O)CC[C@]2(C)[C@@H]2CC[C@]3(C)C(Oc4ccc(Cl)cc4)CC[C@H]3[C@H]12. The molecule has 158 valence electrons. The normalized spacial score (nSPS) is 46.3. The van der Waals surface area contributed by atoms with E-state index in [0.717, 1.165) is 47.8 Å². The molecule has 1 heterocycles. The van der Waals surface area contributed by atoms with Gasteiger partial charge in [-0.25, -0.2) is 0 Å². The summed E-state index contributed by atoms with van der Waals surface area (Å²) in [5.41, 5.74) is 0.512. The summed E-state index contributed by atoms with van der Waals surface area (Å²) in [4.78, 5) is 12.1. The van der Waals surface area contributed by atoms with E-state index in [1.54, 1.807) is 0 Å². The zero-order valence-electron chi connectivity index (χ0n) is 17.9. The van der Waals surface area contributed by atoms with Gasteiger partial charge in [-0.2, -0.15) is 0 Å². The number of carbonyl (C=O) groups is 1. The van der Waals surface area contributed by atoms with E-state index in [1.165, 1.54) is 19.3 Å². The summed E-state index contributed by atoms with van der Waals surface area (Å²) >= 11 is 6.05. The Morgan fingerprint density at radius 2 is 1.76 bits per heavy atom. The van der Waals surface area contributed by atoms with Crippen molar-refractivity contribution in [2.45, 2.75) is 77.9 Å². The monoisotopic (exact) mass is 415 g/mol. The van der Waals surface area contributed by atoms with Crippen molar-refractivity contribution in [3.05, 3.63) is 29.3 Å². The van der Waals surface area contributed by atoms with Crippen LogP contribution < -0.4 is 10.1 Å². The highest BCUT2D eigenvalue weighted by Crippen LogP contribution is 2.65. The van der Waals surface area contributed by atoms with E-state index < -0.39 is 0 Å². The first-order chi connectivity index (χ1) is 13.8. The topological polar surface area (TPSA) is 38.3 Å². The molecule has 1 aromatic rings. The van der Waals surface area contributed by atoms with E-state index in [0.29, 0.717) is 24.5 Å². The standard InChI is InChI=1S/C25H34ClNO2/c1-15-14-20-24(2,13-11-22(28)27-20)19-10-12-25(3)18(23(15)19)8-9-21(25)29-17-6-4-16(26)5-7-17/h4-7,15,18-21,23H,8-14H2,1-3H3,(H,27,28)/t15?,18-,19+,20?,21?,23-,24+,25-/m0/s1. The van der Waals surface area contributed by atoms with E-state index in [9.17, 15) is 4.79 Å². The molecule has 4 aliphatic rings. The molecule has 0 aromatic heterocycles. The van der Waals surface area contributed by atoms with E-state index in [4.69, 9.17) is 16.3 Å². The van der Waals surface area contributed by atoms with Crippen molar-refractivity contribution in [1.82, 2.24) is 5.32 Å². The van der Waals surface area contributed by atoms with Gasteiger partial charge in [0, 0.05) is 22.9 Å². The summed E-state index contributed by atoms with van der Waals surface area (Å²) in [5.74, 6) is 4.07. The summed E-state index contributed by atoms with van der Waals surface area (Å²) in [6.07, 6.45) is 8.12. The Hall–Kier alpha value is -1.22. The van der Waals surface area contributed by atoms with Crippen molar-refractivity contribution < 1.29 is 9.53 Å². The Balaban J connectivity index is 1.40. The molecule has 1 saturated heterocycles. The highest BCUT2D eigenvalue weighted by molar-refractivity contribution is 6.30. The van der Waals surface area contributed by atoms with Crippen LogP contribution in [0.4, 0.5) is 0 Å². The Morgan fingerprint density at radius 1 is 1.03 bits per heavy atom. The molecule has 0 bridgehead atoms. The number of amides is 1. The number of carbonyl (C=O) groups excluding carboxylic acids is 1. The number of halogens is 1. The first kappa shape index (κ1) is 19.7. The molecule has 5 rings (SSSR count). The molecule has 0 radical (unpaired) electrons. The Morgan fingerprint density at radius 3 is 2.52 bits per heavy atom. The van der Waals surface area contributed by atoms with Gasteiger partial charge in [0.2, 0.25) is 5.91 Å². The van der Waals surface area contributed by atoms with Gasteiger partial charge in [0.25, 0.3) is 0 Å². The van der Waals surface area contributed by atoms with Gasteiger partial charge in [-0.05, 0) is 91.9 Å². The largest absolute Gasteiger partial charge is 0.490 e. The van der Waals surface area contributed by atoms with Crippen LogP contribution in [-0.2, 0) is 4.79 Å². The number of rotatable bonds is 2. The molecular formula is C25H34ClNO2. The number of ether oxygens (including phenoxy) is 1. The third kappa shape index (κ3) is 3.02. The molecule has 29 heavy (non-hydrogen) atoms. The van der Waals surface area contributed by atoms with E-state index in [-0.39, 0.29) is 16.7 Å². The van der Waals surface area contributed by atoms with Crippen molar-refractivity contribution in [1.29, 1.82) is 0 Å². The van der Waals surface area contributed by atoms with Gasteiger partial charge < -0.3 is 10.1 Å². The van der Waals surface area contributed by atoms with E-state index in [1.807, 2.05) is 24.3 Å². The van der Waals surface area contributed by atoms with Crippen LogP contribution in [0.15, 0.2) is 24.3 Å². The molecule has 3 nitrogen and oxygen atoms in total. The lowest BCUT2D eigenvalue weighted by Crippen LogP contribution is -2.63. The number of hydrogen-bond acceptors (Lipinski definition) is 2. The molecule has 1 N–H and O–H groups in total. The highest BCUT2D eigenvalue weighted by atomic mass is 35.5. The van der Waals surface area contributed by atoms with Gasteiger partial charge in [-0.3, -0.25) is 4.79 Å². The molecule has 3 aliphatic carbocycles. The fraction of sp³-hybridized carbons (Fsp3) is 0.720. The van der Waals surface area contributed by atoms with Gasteiger partial charge in [0.05, 0.1) is 0 Å². The number of fused-ring (bicyclic) bond motifs is 5.